The lowest BCUT2D eigenvalue weighted by Crippen LogP contribution is -2.14. The van der Waals surface area contributed by atoms with E-state index in [1.807, 2.05) is 24.4 Å². The maximum absolute atomic E-state index is 12.8. The highest BCUT2D eigenvalue weighted by Gasteiger charge is 2.23. The van der Waals surface area contributed by atoms with Crippen molar-refractivity contribution < 1.29 is 9.72 Å². The van der Waals surface area contributed by atoms with Gasteiger partial charge in [0.2, 0.25) is 5.82 Å². The summed E-state index contributed by atoms with van der Waals surface area (Å²) in [5.74, 6) is 0.00191. The zero-order chi connectivity index (χ0) is 20.8. The topological polar surface area (TPSA) is 88.4 Å². The summed E-state index contributed by atoms with van der Waals surface area (Å²) in [7, 11) is 3.94. The lowest BCUT2D eigenvalue weighted by Gasteiger charge is -2.13. The van der Waals surface area contributed by atoms with Crippen LogP contribution in [-0.2, 0) is 6.42 Å². The lowest BCUT2D eigenvalue weighted by molar-refractivity contribution is -0.384. The number of benzene rings is 1. The second-order valence-electron chi connectivity index (χ2n) is 6.84. The zero-order valence-corrected chi connectivity index (χ0v) is 17.1. The SMILES string of the molecule is CN(C)CCCc1ccnc(Nc2ccccc2C(=O)c2ccsc2)c1[N+](=O)[O-]. The normalized spacial score (nSPS) is 10.9. The number of thiophene rings is 1. The number of ketones is 1. The number of pyridine rings is 1. The van der Waals surface area contributed by atoms with E-state index < -0.39 is 4.92 Å². The van der Waals surface area contributed by atoms with Crippen LogP contribution in [0.2, 0.25) is 0 Å². The molecule has 0 aliphatic heterocycles. The minimum Gasteiger partial charge on any atom is -0.334 e. The highest BCUT2D eigenvalue weighted by Crippen LogP contribution is 2.31. The van der Waals surface area contributed by atoms with Crippen LogP contribution in [0.25, 0.3) is 0 Å². The fraction of sp³-hybridized carbons (Fsp3) is 0.238. The predicted molar refractivity (Wildman–Crippen MR) is 115 cm³/mol. The summed E-state index contributed by atoms with van der Waals surface area (Å²) in [6.07, 6.45) is 2.93. The summed E-state index contributed by atoms with van der Waals surface area (Å²) in [6, 6.07) is 10.4. The molecule has 29 heavy (non-hydrogen) atoms. The Morgan fingerprint density at radius 1 is 1.24 bits per heavy atom. The average Bonchev–Trinajstić information content (AvgIpc) is 3.22. The third-order valence-corrected chi connectivity index (χ3v) is 5.13. The van der Waals surface area contributed by atoms with Gasteiger partial charge in [-0.3, -0.25) is 14.9 Å². The van der Waals surface area contributed by atoms with Crippen molar-refractivity contribution >= 4 is 34.3 Å². The molecule has 2 aromatic heterocycles. The van der Waals surface area contributed by atoms with Gasteiger partial charge in [-0.25, -0.2) is 4.98 Å². The molecule has 1 aromatic carbocycles. The van der Waals surface area contributed by atoms with Crippen molar-refractivity contribution in [1.29, 1.82) is 0 Å². The first kappa shape index (κ1) is 20.6. The van der Waals surface area contributed by atoms with Crippen molar-refractivity contribution in [3.8, 4) is 0 Å². The molecule has 0 spiro atoms. The van der Waals surface area contributed by atoms with E-state index in [9.17, 15) is 14.9 Å². The van der Waals surface area contributed by atoms with Gasteiger partial charge >= 0.3 is 5.69 Å². The minimum absolute atomic E-state index is 0.0518. The Morgan fingerprint density at radius 2 is 2.03 bits per heavy atom. The number of aryl methyl sites for hydroxylation is 1. The van der Waals surface area contributed by atoms with E-state index in [1.165, 1.54) is 11.3 Å². The van der Waals surface area contributed by atoms with Gasteiger partial charge in [0.15, 0.2) is 5.78 Å². The molecule has 1 N–H and O–H groups in total. The van der Waals surface area contributed by atoms with Crippen LogP contribution in [0.1, 0.15) is 27.9 Å². The molecule has 0 saturated heterocycles. The highest BCUT2D eigenvalue weighted by atomic mass is 32.1. The van der Waals surface area contributed by atoms with Gasteiger partial charge in [-0.2, -0.15) is 11.3 Å². The van der Waals surface area contributed by atoms with Crippen molar-refractivity contribution in [1.82, 2.24) is 9.88 Å². The Balaban J connectivity index is 1.93. The summed E-state index contributed by atoms with van der Waals surface area (Å²) < 4.78 is 0. The van der Waals surface area contributed by atoms with Crippen molar-refractivity contribution in [2.45, 2.75) is 12.8 Å². The maximum atomic E-state index is 12.8. The van der Waals surface area contributed by atoms with Crippen LogP contribution in [0.4, 0.5) is 17.2 Å². The molecule has 0 atom stereocenters. The van der Waals surface area contributed by atoms with E-state index in [-0.39, 0.29) is 17.3 Å². The van der Waals surface area contributed by atoms with E-state index in [0.29, 0.717) is 28.8 Å². The van der Waals surface area contributed by atoms with E-state index in [4.69, 9.17) is 0 Å². The third-order valence-electron chi connectivity index (χ3n) is 4.45. The second kappa shape index (κ2) is 9.40. The summed E-state index contributed by atoms with van der Waals surface area (Å²) in [4.78, 5) is 30.4. The number of carbonyl (C=O) groups excluding carboxylic acids is 1. The molecule has 0 unspecified atom stereocenters. The first-order valence-corrected chi connectivity index (χ1v) is 10.1. The standard InChI is InChI=1S/C21H22N4O3S/c1-24(2)12-5-6-15-9-11-22-21(19(15)25(27)28)23-18-8-4-3-7-17(18)20(26)16-10-13-29-14-16/h3-4,7-11,13-14H,5-6,12H2,1-2H3,(H,22,23). The summed E-state index contributed by atoms with van der Waals surface area (Å²) >= 11 is 1.44. The first-order valence-electron chi connectivity index (χ1n) is 9.17. The minimum atomic E-state index is -0.413. The van der Waals surface area contributed by atoms with Crippen molar-refractivity contribution in [2.24, 2.45) is 0 Å². The summed E-state index contributed by atoms with van der Waals surface area (Å²) in [6.45, 7) is 0.834. The molecule has 150 valence electrons. The van der Waals surface area contributed by atoms with Crippen LogP contribution in [-0.4, -0.2) is 41.2 Å². The molecule has 3 aromatic rings. The van der Waals surface area contributed by atoms with Crippen LogP contribution >= 0.6 is 11.3 Å². The largest absolute Gasteiger partial charge is 0.334 e. The van der Waals surface area contributed by atoms with E-state index in [1.54, 1.807) is 48.0 Å². The molecular formula is C21H22N4O3S. The van der Waals surface area contributed by atoms with Crippen LogP contribution in [0.3, 0.4) is 0 Å². The van der Waals surface area contributed by atoms with E-state index in [2.05, 4.69) is 10.3 Å². The highest BCUT2D eigenvalue weighted by molar-refractivity contribution is 7.08. The van der Waals surface area contributed by atoms with Gasteiger partial charge in [0.05, 0.1) is 10.6 Å². The molecule has 0 aliphatic rings. The van der Waals surface area contributed by atoms with Gasteiger partial charge in [0, 0.05) is 28.3 Å². The van der Waals surface area contributed by atoms with E-state index >= 15 is 0 Å². The van der Waals surface area contributed by atoms with Crippen molar-refractivity contribution in [2.75, 3.05) is 26.0 Å². The molecule has 0 saturated carbocycles. The van der Waals surface area contributed by atoms with Crippen LogP contribution < -0.4 is 5.32 Å². The van der Waals surface area contributed by atoms with Crippen molar-refractivity contribution in [3.05, 3.63) is 80.2 Å². The molecule has 0 aliphatic carbocycles. The average molecular weight is 410 g/mol. The van der Waals surface area contributed by atoms with Gasteiger partial charge in [-0.1, -0.05) is 12.1 Å². The predicted octanol–water partition coefficient (Wildman–Crippen LogP) is 4.52. The van der Waals surface area contributed by atoms with Crippen LogP contribution in [0, 0.1) is 10.1 Å². The number of anilines is 2. The first-order chi connectivity index (χ1) is 14.0. The molecule has 0 bridgehead atoms. The number of hydrogen-bond donors (Lipinski definition) is 1. The summed E-state index contributed by atoms with van der Waals surface area (Å²) in [5.41, 5.74) is 2.09. The second-order valence-corrected chi connectivity index (χ2v) is 7.62. The number of rotatable bonds is 9. The number of hydrogen-bond acceptors (Lipinski definition) is 7. The number of nitrogens with zero attached hydrogens (tertiary/aromatic N) is 3. The molecule has 0 fully saturated rings. The monoisotopic (exact) mass is 410 g/mol. The Morgan fingerprint density at radius 3 is 2.72 bits per heavy atom. The Bertz CT molecular complexity index is 1000. The fourth-order valence-corrected chi connectivity index (χ4v) is 3.68. The Labute approximate surface area is 173 Å². The van der Waals surface area contributed by atoms with Crippen LogP contribution in [0.5, 0.6) is 0 Å². The fourth-order valence-electron chi connectivity index (χ4n) is 3.04. The van der Waals surface area contributed by atoms with Crippen LogP contribution in [0.15, 0.2) is 53.4 Å². The molecule has 8 heteroatoms. The molecule has 2 heterocycles. The smallest absolute Gasteiger partial charge is 0.314 e. The molecule has 3 rings (SSSR count). The lowest BCUT2D eigenvalue weighted by atomic mass is 10.0. The van der Waals surface area contributed by atoms with E-state index in [0.717, 1.165) is 13.0 Å². The number of nitro groups is 1. The molecule has 0 radical (unpaired) electrons. The van der Waals surface area contributed by atoms with Gasteiger partial charge < -0.3 is 10.2 Å². The quantitative estimate of drug-likeness (QED) is 0.317. The number of nitrogens with one attached hydrogen (secondary N) is 1. The maximum Gasteiger partial charge on any atom is 0.314 e. The van der Waals surface area contributed by atoms with Gasteiger partial charge in [0.25, 0.3) is 0 Å². The zero-order valence-electron chi connectivity index (χ0n) is 16.3. The third kappa shape index (κ3) is 5.04. The van der Waals surface area contributed by atoms with Crippen molar-refractivity contribution in [3.63, 3.8) is 0 Å². The van der Waals surface area contributed by atoms with Gasteiger partial charge in [0.1, 0.15) is 0 Å². The molecular weight excluding hydrogens is 388 g/mol. The number of carbonyl (C=O) groups is 1. The Hall–Kier alpha value is -3.10. The summed E-state index contributed by atoms with van der Waals surface area (Å²) in [5, 5.41) is 18.4. The molecule has 0 amide bonds. The van der Waals surface area contributed by atoms with Gasteiger partial charge in [-0.05, 0) is 63.1 Å². The number of para-hydroxylation sites is 1. The van der Waals surface area contributed by atoms with Gasteiger partial charge in [-0.15, -0.1) is 0 Å². The molecule has 7 nitrogen and oxygen atoms in total. The Kier molecular flexibility index (Phi) is 6.69. The number of aromatic nitrogens is 1.